The Kier molecular flexibility index (Phi) is 7.20. The zero-order valence-corrected chi connectivity index (χ0v) is 18.8. The zero-order valence-electron chi connectivity index (χ0n) is 18.0. The maximum absolute atomic E-state index is 13.4. The number of nitrogens with two attached hydrogens (primary N) is 2. The first kappa shape index (κ1) is 23.7. The molecule has 2 atom stereocenters. The lowest BCUT2D eigenvalue weighted by Gasteiger charge is -2.43. The van der Waals surface area contributed by atoms with Crippen molar-refractivity contribution in [1.82, 2.24) is 0 Å². The summed E-state index contributed by atoms with van der Waals surface area (Å²) in [7, 11) is -1.31. The van der Waals surface area contributed by atoms with E-state index in [1.165, 1.54) is 0 Å². The summed E-state index contributed by atoms with van der Waals surface area (Å²) in [6.07, 6.45) is -1.49. The molecule has 0 aliphatic rings. The largest absolute Gasteiger partial charge is 0.497 e. The first-order chi connectivity index (χ1) is 15.3. The number of aliphatic hydroxyl groups excluding tert-OH is 1. The molecule has 170 valence electrons. The zero-order chi connectivity index (χ0) is 23.4. The maximum Gasteiger partial charge on any atom is 0.222 e. The van der Waals surface area contributed by atoms with E-state index in [0.29, 0.717) is 28.2 Å². The van der Waals surface area contributed by atoms with Crippen molar-refractivity contribution in [3.63, 3.8) is 0 Å². The molecule has 32 heavy (non-hydrogen) atoms. The Hall–Kier alpha value is -2.91. The van der Waals surface area contributed by atoms with Crippen LogP contribution in [0, 0.1) is 0 Å². The molecule has 0 radical (unpaired) electrons. The highest BCUT2D eigenvalue weighted by Gasteiger charge is 2.56. The summed E-state index contributed by atoms with van der Waals surface area (Å²) in [5.74, 6) is 0.348. The van der Waals surface area contributed by atoms with Crippen LogP contribution in [0.15, 0.2) is 78.9 Å². The molecule has 5 N–H and O–H groups in total. The summed E-state index contributed by atoms with van der Waals surface area (Å²) in [5.41, 5.74) is 7.46. The highest BCUT2D eigenvalue weighted by atomic mass is 32.2. The van der Waals surface area contributed by atoms with Gasteiger partial charge in [-0.2, -0.15) is 0 Å². The van der Waals surface area contributed by atoms with Gasteiger partial charge in [0.05, 0.1) is 20.3 Å². The van der Waals surface area contributed by atoms with Crippen LogP contribution in [-0.4, -0.2) is 40.4 Å². The topological polar surface area (TPSA) is 125 Å². The van der Waals surface area contributed by atoms with Gasteiger partial charge in [-0.05, 0) is 41.0 Å². The highest BCUT2D eigenvalue weighted by molar-refractivity contribution is 7.90. The smallest absolute Gasteiger partial charge is 0.222 e. The monoisotopic (exact) mass is 456 g/mol. The Labute approximate surface area is 188 Å². The van der Waals surface area contributed by atoms with Crippen LogP contribution in [0.1, 0.15) is 22.6 Å². The first-order valence-electron chi connectivity index (χ1n) is 10.0. The molecule has 0 saturated carbocycles. The molecule has 3 aromatic carbocycles. The van der Waals surface area contributed by atoms with Crippen LogP contribution in [-0.2, 0) is 14.8 Å². The summed E-state index contributed by atoms with van der Waals surface area (Å²) >= 11 is 0. The van der Waals surface area contributed by atoms with E-state index < -0.39 is 26.8 Å². The van der Waals surface area contributed by atoms with Gasteiger partial charge in [0.15, 0.2) is 0 Å². The number of methoxy groups -OCH3 is 2. The van der Waals surface area contributed by atoms with Crippen molar-refractivity contribution < 1.29 is 23.0 Å². The third kappa shape index (κ3) is 4.22. The molecular formula is C24H28N2O5S. The van der Waals surface area contributed by atoms with E-state index >= 15 is 0 Å². The van der Waals surface area contributed by atoms with Crippen LogP contribution in [0.4, 0.5) is 0 Å². The first-order valence-corrected chi connectivity index (χ1v) is 11.6. The summed E-state index contributed by atoms with van der Waals surface area (Å²) in [4.78, 5) is 0. The van der Waals surface area contributed by atoms with Crippen LogP contribution in [0.25, 0.3) is 0 Å². The molecule has 0 fully saturated rings. The minimum Gasteiger partial charge on any atom is -0.497 e. The van der Waals surface area contributed by atoms with E-state index in [4.69, 9.17) is 20.3 Å². The number of primary sulfonamides is 1. The van der Waals surface area contributed by atoms with E-state index in [0.717, 1.165) is 0 Å². The number of ether oxygens (including phenoxy) is 2. The quantitative estimate of drug-likeness (QED) is 0.454. The predicted octanol–water partition coefficient (Wildman–Crippen LogP) is 2.34. The Morgan fingerprint density at radius 2 is 1.28 bits per heavy atom. The molecule has 0 amide bonds. The SMILES string of the molecule is COc1ccc(C(c2ccc(OC)cc2)C(c2ccccc2)(C(O)CN)S(N)(=O)=O)cc1. The van der Waals surface area contributed by atoms with E-state index in [1.54, 1.807) is 93.1 Å². The minimum absolute atomic E-state index is 0.311. The van der Waals surface area contributed by atoms with Crippen molar-refractivity contribution in [2.24, 2.45) is 10.9 Å². The normalized spacial score (nSPS) is 14.6. The number of rotatable bonds is 9. The van der Waals surface area contributed by atoms with Crippen LogP contribution in [0.3, 0.4) is 0 Å². The number of hydrogen-bond acceptors (Lipinski definition) is 6. The molecule has 0 heterocycles. The van der Waals surface area contributed by atoms with E-state index in [-0.39, 0.29) is 6.54 Å². The van der Waals surface area contributed by atoms with Gasteiger partial charge in [-0.1, -0.05) is 54.6 Å². The van der Waals surface area contributed by atoms with Gasteiger partial charge in [0, 0.05) is 12.5 Å². The lowest BCUT2D eigenvalue weighted by atomic mass is 9.73. The van der Waals surface area contributed by atoms with Crippen molar-refractivity contribution in [2.75, 3.05) is 20.8 Å². The molecule has 0 aliphatic heterocycles. The van der Waals surface area contributed by atoms with Gasteiger partial charge < -0.3 is 20.3 Å². The Morgan fingerprint density at radius 3 is 1.62 bits per heavy atom. The van der Waals surface area contributed by atoms with Gasteiger partial charge in [0.2, 0.25) is 10.0 Å². The fourth-order valence-electron chi connectivity index (χ4n) is 4.22. The molecule has 8 heteroatoms. The van der Waals surface area contributed by atoms with Crippen molar-refractivity contribution in [2.45, 2.75) is 16.8 Å². The predicted molar refractivity (Wildman–Crippen MR) is 124 cm³/mol. The Bertz CT molecular complexity index is 1070. The van der Waals surface area contributed by atoms with Crippen LogP contribution in [0.5, 0.6) is 11.5 Å². The second kappa shape index (κ2) is 9.70. The molecular weight excluding hydrogens is 428 g/mol. The highest BCUT2D eigenvalue weighted by Crippen LogP contribution is 2.49. The van der Waals surface area contributed by atoms with E-state index in [2.05, 4.69) is 0 Å². The van der Waals surface area contributed by atoms with Gasteiger partial charge >= 0.3 is 0 Å². The summed E-state index contributed by atoms with van der Waals surface area (Å²) in [5, 5.41) is 17.1. The van der Waals surface area contributed by atoms with Gasteiger partial charge in [-0.15, -0.1) is 0 Å². The fraction of sp³-hybridized carbons (Fsp3) is 0.250. The number of sulfonamides is 1. The van der Waals surface area contributed by atoms with Gasteiger partial charge in [-0.3, -0.25) is 0 Å². The van der Waals surface area contributed by atoms with Crippen molar-refractivity contribution in [1.29, 1.82) is 0 Å². The molecule has 2 unspecified atom stereocenters. The molecule has 3 aromatic rings. The third-order valence-corrected chi connectivity index (χ3v) is 7.43. The molecule has 0 aliphatic carbocycles. The second-order valence-electron chi connectivity index (χ2n) is 7.43. The average Bonchev–Trinajstić information content (AvgIpc) is 2.82. The Morgan fingerprint density at radius 1 is 0.844 bits per heavy atom. The van der Waals surface area contributed by atoms with Crippen LogP contribution in [0.2, 0.25) is 0 Å². The van der Waals surface area contributed by atoms with Gasteiger partial charge in [-0.25, -0.2) is 13.6 Å². The van der Waals surface area contributed by atoms with E-state index in [9.17, 15) is 13.5 Å². The molecule has 0 saturated heterocycles. The molecule has 0 aromatic heterocycles. The molecule has 0 spiro atoms. The van der Waals surface area contributed by atoms with Crippen LogP contribution < -0.4 is 20.3 Å². The molecule has 7 nitrogen and oxygen atoms in total. The minimum atomic E-state index is -4.41. The van der Waals surface area contributed by atoms with Crippen molar-refractivity contribution in [3.8, 4) is 11.5 Å². The summed E-state index contributed by atoms with van der Waals surface area (Å²) in [6, 6.07) is 22.5. The molecule has 3 rings (SSSR count). The lowest BCUT2D eigenvalue weighted by molar-refractivity contribution is 0.120. The van der Waals surface area contributed by atoms with E-state index in [1.807, 2.05) is 0 Å². The van der Waals surface area contributed by atoms with Crippen molar-refractivity contribution >= 4 is 10.0 Å². The lowest BCUT2D eigenvalue weighted by Crippen LogP contribution is -2.56. The summed E-state index contributed by atoms with van der Waals surface area (Å²) in [6.45, 7) is -0.311. The second-order valence-corrected chi connectivity index (χ2v) is 9.20. The fourth-order valence-corrected chi connectivity index (χ4v) is 5.76. The standard InChI is InChI=1S/C24H28N2O5S/c1-30-20-12-8-17(9-13-20)23(18-10-14-21(31-2)15-11-18)24(22(27)16-25,32(26,28)29)19-6-4-3-5-7-19/h3-15,22-23,27H,16,25H2,1-2H3,(H2,26,28,29). The summed E-state index contributed by atoms with van der Waals surface area (Å²) < 4.78 is 35.4. The van der Waals surface area contributed by atoms with Gasteiger partial charge in [0.25, 0.3) is 0 Å². The van der Waals surface area contributed by atoms with Gasteiger partial charge in [0.1, 0.15) is 16.2 Å². The van der Waals surface area contributed by atoms with Crippen LogP contribution >= 0.6 is 0 Å². The molecule has 0 bridgehead atoms. The Balaban J connectivity index is 2.41. The van der Waals surface area contributed by atoms with Crippen molar-refractivity contribution in [3.05, 3.63) is 95.6 Å². The number of benzene rings is 3. The number of hydrogen-bond donors (Lipinski definition) is 3. The maximum atomic E-state index is 13.4. The third-order valence-electron chi connectivity index (χ3n) is 5.74. The number of aliphatic hydroxyl groups is 1. The average molecular weight is 457 g/mol.